The Kier molecular flexibility index (Phi) is 14.0. The fourth-order valence-electron chi connectivity index (χ4n) is 4.85. The molecule has 206 valence electrons. The predicted molar refractivity (Wildman–Crippen MR) is 149 cm³/mol. The molecule has 0 amide bonds. The lowest BCUT2D eigenvalue weighted by atomic mass is 10.0. The third-order valence-electron chi connectivity index (χ3n) is 7.22. The first kappa shape index (κ1) is 29.6. The molecule has 0 radical (unpaired) electrons. The normalized spacial score (nSPS) is 17.7. The van der Waals surface area contributed by atoms with E-state index >= 15 is 0 Å². The van der Waals surface area contributed by atoms with E-state index in [2.05, 4.69) is 18.8 Å². The van der Waals surface area contributed by atoms with Gasteiger partial charge in [-0.05, 0) is 37.1 Å². The number of hydrogen-bond donors (Lipinski definition) is 0. The number of nitrogens with zero attached hydrogens (tertiary/aromatic N) is 1. The zero-order valence-corrected chi connectivity index (χ0v) is 23.2. The highest BCUT2D eigenvalue weighted by atomic mass is 19.1. The van der Waals surface area contributed by atoms with E-state index in [0.717, 1.165) is 42.9 Å². The summed E-state index contributed by atoms with van der Waals surface area (Å²) >= 11 is 0. The molecule has 2 aromatic rings. The van der Waals surface area contributed by atoms with Crippen molar-refractivity contribution in [1.82, 2.24) is 4.98 Å². The molecule has 5 heteroatoms. The van der Waals surface area contributed by atoms with Crippen LogP contribution in [0.15, 0.2) is 36.5 Å². The molecule has 0 spiro atoms. The van der Waals surface area contributed by atoms with Gasteiger partial charge in [0.25, 0.3) is 0 Å². The minimum Gasteiger partial charge on any atom is -0.491 e. The molecule has 0 saturated carbocycles. The summed E-state index contributed by atoms with van der Waals surface area (Å²) in [6.45, 7) is 6.47. The van der Waals surface area contributed by atoms with Crippen LogP contribution in [0.3, 0.4) is 0 Å². The molecule has 37 heavy (non-hydrogen) atoms. The minimum atomic E-state index is -0.374. The monoisotopic (exact) mass is 513 g/mol. The van der Waals surface area contributed by atoms with E-state index in [0.29, 0.717) is 18.3 Å². The maximum absolute atomic E-state index is 14.6. The highest BCUT2D eigenvalue weighted by Gasteiger charge is 2.23. The molecule has 0 N–H and O–H groups in total. The molecule has 1 aliphatic heterocycles. The fourth-order valence-corrected chi connectivity index (χ4v) is 4.85. The molecule has 0 aliphatic carbocycles. The van der Waals surface area contributed by atoms with Crippen LogP contribution in [-0.2, 0) is 9.47 Å². The second-order valence-corrected chi connectivity index (χ2v) is 10.5. The van der Waals surface area contributed by atoms with E-state index < -0.39 is 0 Å². The lowest BCUT2D eigenvalue weighted by Crippen LogP contribution is -2.27. The molecule has 0 unspecified atom stereocenters. The first-order valence-corrected chi connectivity index (χ1v) is 14.8. The van der Waals surface area contributed by atoms with E-state index in [9.17, 15) is 4.39 Å². The lowest BCUT2D eigenvalue weighted by Gasteiger charge is -2.29. The van der Waals surface area contributed by atoms with Crippen molar-refractivity contribution in [3.8, 4) is 17.0 Å². The van der Waals surface area contributed by atoms with Gasteiger partial charge in [-0.3, -0.25) is 4.98 Å². The smallest absolute Gasteiger partial charge is 0.185 e. The van der Waals surface area contributed by atoms with Crippen molar-refractivity contribution in [3.63, 3.8) is 0 Å². The second-order valence-electron chi connectivity index (χ2n) is 10.5. The van der Waals surface area contributed by atoms with Crippen molar-refractivity contribution in [2.75, 3.05) is 19.8 Å². The molecule has 2 heterocycles. The third-order valence-corrected chi connectivity index (χ3v) is 7.22. The van der Waals surface area contributed by atoms with Crippen molar-refractivity contribution < 1.29 is 18.6 Å². The zero-order valence-electron chi connectivity index (χ0n) is 23.2. The number of rotatable bonds is 18. The van der Waals surface area contributed by atoms with Crippen molar-refractivity contribution in [2.45, 2.75) is 110 Å². The molecule has 1 saturated heterocycles. The largest absolute Gasteiger partial charge is 0.491 e. The summed E-state index contributed by atoms with van der Waals surface area (Å²) in [5.41, 5.74) is 2.35. The van der Waals surface area contributed by atoms with E-state index in [1.807, 2.05) is 18.2 Å². The van der Waals surface area contributed by atoms with Gasteiger partial charge in [0.1, 0.15) is 0 Å². The van der Waals surface area contributed by atoms with Gasteiger partial charge in [0.15, 0.2) is 17.9 Å². The number of pyridine rings is 1. The Hall–Kier alpha value is -1.98. The Morgan fingerprint density at radius 1 is 0.811 bits per heavy atom. The molecular weight excluding hydrogens is 465 g/mol. The Balaban J connectivity index is 1.36. The van der Waals surface area contributed by atoms with E-state index in [1.165, 1.54) is 83.1 Å². The number of benzene rings is 1. The summed E-state index contributed by atoms with van der Waals surface area (Å²) in [7, 11) is 0. The van der Waals surface area contributed by atoms with Crippen LogP contribution >= 0.6 is 0 Å². The fraction of sp³-hybridized carbons (Fsp3) is 0.656. The van der Waals surface area contributed by atoms with Crippen molar-refractivity contribution in [2.24, 2.45) is 5.92 Å². The standard InChI is InChI=1S/C32H48FNO3/c1-3-5-7-9-10-11-12-14-16-26-24-36-32(37-25-26)28-17-19-30(34-23-28)27-18-20-31(29(33)22-27)35-21-15-13-8-6-4-2/h17-20,22-23,26,32H,3-16,21,24-25H2,1-2H3/t26-,32-. The molecule has 3 rings (SSSR count). The van der Waals surface area contributed by atoms with Crippen molar-refractivity contribution in [3.05, 3.63) is 47.9 Å². The van der Waals surface area contributed by atoms with Gasteiger partial charge >= 0.3 is 0 Å². The molecule has 4 nitrogen and oxygen atoms in total. The van der Waals surface area contributed by atoms with Crippen LogP contribution in [0, 0.1) is 11.7 Å². The average molecular weight is 514 g/mol. The summed E-state index contributed by atoms with van der Waals surface area (Å²) < 4.78 is 32.2. The van der Waals surface area contributed by atoms with Crippen molar-refractivity contribution in [1.29, 1.82) is 0 Å². The average Bonchev–Trinajstić information content (AvgIpc) is 2.93. The topological polar surface area (TPSA) is 40.6 Å². The lowest BCUT2D eigenvalue weighted by molar-refractivity contribution is -0.206. The van der Waals surface area contributed by atoms with E-state index in [1.54, 1.807) is 12.3 Å². The number of aromatic nitrogens is 1. The van der Waals surface area contributed by atoms with Crippen molar-refractivity contribution >= 4 is 0 Å². The maximum Gasteiger partial charge on any atom is 0.185 e. The summed E-state index contributed by atoms with van der Waals surface area (Å²) in [4.78, 5) is 4.55. The highest BCUT2D eigenvalue weighted by molar-refractivity contribution is 5.60. The Morgan fingerprint density at radius 3 is 2.08 bits per heavy atom. The zero-order chi connectivity index (χ0) is 26.1. The van der Waals surface area contributed by atoms with Gasteiger partial charge in [0.2, 0.25) is 0 Å². The first-order valence-electron chi connectivity index (χ1n) is 14.8. The maximum atomic E-state index is 14.6. The second kappa shape index (κ2) is 17.5. The van der Waals surface area contributed by atoms with Gasteiger partial charge in [0.05, 0.1) is 25.5 Å². The van der Waals surface area contributed by atoms with Crippen LogP contribution in [-0.4, -0.2) is 24.8 Å². The molecule has 1 fully saturated rings. The molecule has 0 bridgehead atoms. The molecule has 0 atom stereocenters. The number of ether oxygens (including phenoxy) is 3. The number of unbranched alkanes of at least 4 members (excludes halogenated alkanes) is 11. The van der Waals surface area contributed by atoms with Gasteiger partial charge in [0, 0.05) is 23.2 Å². The van der Waals surface area contributed by atoms with E-state index in [4.69, 9.17) is 14.2 Å². The van der Waals surface area contributed by atoms with Crippen LogP contribution in [0.25, 0.3) is 11.3 Å². The van der Waals surface area contributed by atoms with Gasteiger partial charge in [-0.25, -0.2) is 4.39 Å². The highest BCUT2D eigenvalue weighted by Crippen LogP contribution is 2.29. The number of halogens is 1. The summed E-state index contributed by atoms with van der Waals surface area (Å²) in [5, 5.41) is 0. The van der Waals surface area contributed by atoms with Gasteiger partial charge in [-0.1, -0.05) is 97.0 Å². The van der Waals surface area contributed by atoms with Gasteiger partial charge < -0.3 is 14.2 Å². The Bertz CT molecular complexity index is 865. The van der Waals surface area contributed by atoms with Crippen LogP contribution in [0.4, 0.5) is 4.39 Å². The third kappa shape index (κ3) is 10.7. The number of hydrogen-bond acceptors (Lipinski definition) is 4. The summed E-state index contributed by atoms with van der Waals surface area (Å²) in [5.74, 6) is 0.434. The Labute approximate surface area is 224 Å². The molecule has 1 aromatic heterocycles. The van der Waals surface area contributed by atoms with E-state index in [-0.39, 0.29) is 12.1 Å². The predicted octanol–water partition coefficient (Wildman–Crippen LogP) is 9.43. The summed E-state index contributed by atoms with van der Waals surface area (Å²) in [6.07, 6.45) is 19.0. The first-order chi connectivity index (χ1) is 18.2. The minimum absolute atomic E-state index is 0.307. The molecular formula is C32H48FNO3. The SMILES string of the molecule is CCCCCCCCCC[C@H]1CO[C@H](c2ccc(-c3ccc(OCCCCCCC)c(F)c3)nc2)OC1. The van der Waals surface area contributed by atoms with Crippen LogP contribution in [0.5, 0.6) is 5.75 Å². The quantitative estimate of drug-likeness (QED) is 0.186. The van der Waals surface area contributed by atoms with Crippen LogP contribution in [0.1, 0.15) is 116 Å². The van der Waals surface area contributed by atoms with Gasteiger partial charge in [-0.15, -0.1) is 0 Å². The Morgan fingerprint density at radius 2 is 1.46 bits per heavy atom. The molecule has 1 aliphatic rings. The van der Waals surface area contributed by atoms with Crippen LogP contribution < -0.4 is 4.74 Å². The van der Waals surface area contributed by atoms with Gasteiger partial charge in [-0.2, -0.15) is 0 Å². The molecule has 1 aromatic carbocycles. The van der Waals surface area contributed by atoms with Crippen LogP contribution in [0.2, 0.25) is 0 Å². The summed E-state index contributed by atoms with van der Waals surface area (Å²) in [6, 6.07) is 8.92.